The van der Waals surface area contributed by atoms with E-state index in [0.717, 1.165) is 10.0 Å². The van der Waals surface area contributed by atoms with Gasteiger partial charge in [0.15, 0.2) is 17.2 Å². The maximum atomic E-state index is 13.5. The lowest BCUT2D eigenvalue weighted by Crippen LogP contribution is -2.02. The van der Waals surface area contributed by atoms with Gasteiger partial charge >= 0.3 is 0 Å². The molecule has 0 aliphatic heterocycles. The number of halogens is 2. The Morgan fingerprint density at radius 1 is 1.15 bits per heavy atom. The molecule has 2 aromatic carbocycles. The molecule has 0 N–H and O–H groups in total. The van der Waals surface area contributed by atoms with Gasteiger partial charge in [0.05, 0.1) is 0 Å². The zero-order chi connectivity index (χ0) is 14.1. The minimum Gasteiger partial charge on any atom is -0.450 e. The maximum Gasteiger partial charge on any atom is 0.202 e. The first-order valence-corrected chi connectivity index (χ1v) is 6.89. The molecule has 3 aromatic rings. The van der Waals surface area contributed by atoms with Gasteiger partial charge in [0.1, 0.15) is 0 Å². The summed E-state index contributed by atoms with van der Waals surface area (Å²) < 4.78 is 19.7. The maximum absolute atomic E-state index is 13.5. The van der Waals surface area contributed by atoms with E-state index >= 15 is 0 Å². The number of ketones is 1. The summed E-state index contributed by atoms with van der Waals surface area (Å²) in [4.78, 5) is 12.2. The molecule has 0 radical (unpaired) electrons. The molecule has 100 valence electrons. The first-order valence-electron chi connectivity index (χ1n) is 6.10. The van der Waals surface area contributed by atoms with Crippen LogP contribution >= 0.6 is 15.9 Å². The highest BCUT2D eigenvalue weighted by atomic mass is 79.9. The molecular formula is C16H10BrFO2. The third-order valence-electron chi connectivity index (χ3n) is 3.08. The standard InChI is InChI=1S/C16H10BrFO2/c17-12-6-2-1-4-10(12)8-14(19)15-9-11-5-3-7-13(18)16(11)20-15/h1-7,9H,8H2. The predicted molar refractivity (Wildman–Crippen MR) is 78.3 cm³/mol. The Bertz CT molecular complexity index is 792. The monoisotopic (exact) mass is 332 g/mol. The van der Waals surface area contributed by atoms with Crippen LogP contribution in [-0.2, 0) is 6.42 Å². The third kappa shape index (κ3) is 2.39. The zero-order valence-corrected chi connectivity index (χ0v) is 12.0. The van der Waals surface area contributed by atoms with Crippen molar-refractivity contribution in [3.05, 3.63) is 70.1 Å². The molecule has 0 amide bonds. The molecule has 0 saturated heterocycles. The highest BCUT2D eigenvalue weighted by molar-refractivity contribution is 9.10. The Morgan fingerprint density at radius 2 is 1.95 bits per heavy atom. The highest BCUT2D eigenvalue weighted by Gasteiger charge is 2.15. The van der Waals surface area contributed by atoms with Crippen molar-refractivity contribution in [2.45, 2.75) is 6.42 Å². The number of carbonyl (C=O) groups excluding carboxylic acids is 1. The van der Waals surface area contributed by atoms with Gasteiger partial charge in [0.25, 0.3) is 0 Å². The van der Waals surface area contributed by atoms with Crippen LogP contribution in [0.2, 0.25) is 0 Å². The van der Waals surface area contributed by atoms with Crippen LogP contribution < -0.4 is 0 Å². The molecule has 0 aliphatic carbocycles. The lowest BCUT2D eigenvalue weighted by atomic mass is 10.1. The van der Waals surface area contributed by atoms with E-state index in [2.05, 4.69) is 15.9 Å². The van der Waals surface area contributed by atoms with Crippen LogP contribution in [0.1, 0.15) is 16.1 Å². The van der Waals surface area contributed by atoms with Gasteiger partial charge < -0.3 is 4.42 Å². The number of rotatable bonds is 3. The van der Waals surface area contributed by atoms with Crippen molar-refractivity contribution in [3.8, 4) is 0 Å². The van der Waals surface area contributed by atoms with Crippen LogP contribution in [0.25, 0.3) is 11.0 Å². The minimum atomic E-state index is -0.456. The normalized spacial score (nSPS) is 10.9. The molecule has 0 bridgehead atoms. The Morgan fingerprint density at radius 3 is 2.70 bits per heavy atom. The van der Waals surface area contributed by atoms with Gasteiger partial charge in [-0.3, -0.25) is 4.79 Å². The van der Waals surface area contributed by atoms with Crippen molar-refractivity contribution in [2.75, 3.05) is 0 Å². The van der Waals surface area contributed by atoms with Crippen LogP contribution in [0.5, 0.6) is 0 Å². The van der Waals surface area contributed by atoms with E-state index in [9.17, 15) is 9.18 Å². The molecule has 0 spiro atoms. The Kier molecular flexibility index (Phi) is 3.40. The summed E-state index contributed by atoms with van der Waals surface area (Å²) in [7, 11) is 0. The summed E-state index contributed by atoms with van der Waals surface area (Å²) in [6.45, 7) is 0. The first-order chi connectivity index (χ1) is 9.65. The van der Waals surface area contributed by atoms with E-state index in [1.54, 1.807) is 18.2 Å². The smallest absolute Gasteiger partial charge is 0.202 e. The predicted octanol–water partition coefficient (Wildman–Crippen LogP) is 4.76. The van der Waals surface area contributed by atoms with Crippen LogP contribution in [0.4, 0.5) is 4.39 Å². The first kappa shape index (κ1) is 13.1. The Labute approximate surface area is 123 Å². The number of fused-ring (bicyclic) bond motifs is 1. The second kappa shape index (κ2) is 5.21. The molecular weight excluding hydrogens is 323 g/mol. The highest BCUT2D eigenvalue weighted by Crippen LogP contribution is 2.24. The number of furan rings is 1. The lowest BCUT2D eigenvalue weighted by molar-refractivity contribution is 0.0968. The fraction of sp³-hybridized carbons (Fsp3) is 0.0625. The average molecular weight is 333 g/mol. The molecule has 0 saturated carbocycles. The summed E-state index contributed by atoms with van der Waals surface area (Å²) >= 11 is 3.40. The number of para-hydroxylation sites is 1. The molecule has 0 fully saturated rings. The summed E-state index contributed by atoms with van der Waals surface area (Å²) in [5, 5.41) is 0.598. The number of hydrogen-bond donors (Lipinski definition) is 0. The van der Waals surface area contributed by atoms with Gasteiger partial charge in [-0.25, -0.2) is 4.39 Å². The van der Waals surface area contributed by atoms with Gasteiger partial charge in [-0.1, -0.05) is 46.3 Å². The van der Waals surface area contributed by atoms with E-state index in [-0.39, 0.29) is 23.5 Å². The van der Waals surface area contributed by atoms with Crippen molar-refractivity contribution < 1.29 is 13.6 Å². The third-order valence-corrected chi connectivity index (χ3v) is 3.85. The van der Waals surface area contributed by atoms with Gasteiger partial charge in [-0.15, -0.1) is 0 Å². The van der Waals surface area contributed by atoms with Crippen molar-refractivity contribution in [1.29, 1.82) is 0 Å². The Hall–Kier alpha value is -1.94. The van der Waals surface area contributed by atoms with Crippen LogP contribution in [0.3, 0.4) is 0 Å². The van der Waals surface area contributed by atoms with Crippen LogP contribution in [0.15, 0.2) is 57.4 Å². The van der Waals surface area contributed by atoms with E-state index in [4.69, 9.17) is 4.42 Å². The fourth-order valence-electron chi connectivity index (χ4n) is 2.07. The van der Waals surface area contributed by atoms with Crippen LogP contribution in [0, 0.1) is 5.82 Å². The molecule has 2 nitrogen and oxygen atoms in total. The molecule has 20 heavy (non-hydrogen) atoms. The number of carbonyl (C=O) groups is 1. The van der Waals surface area contributed by atoms with Gasteiger partial charge in [0.2, 0.25) is 5.78 Å². The van der Waals surface area contributed by atoms with E-state index in [1.165, 1.54) is 6.07 Å². The molecule has 1 heterocycles. The number of benzene rings is 2. The molecule has 4 heteroatoms. The summed E-state index contributed by atoms with van der Waals surface area (Å²) in [5.74, 6) is -0.448. The topological polar surface area (TPSA) is 30.2 Å². The van der Waals surface area contributed by atoms with Gasteiger partial charge in [0, 0.05) is 16.3 Å². The zero-order valence-electron chi connectivity index (χ0n) is 10.4. The fourth-order valence-corrected chi connectivity index (χ4v) is 2.49. The average Bonchev–Trinajstić information content (AvgIpc) is 2.87. The van der Waals surface area contributed by atoms with Crippen molar-refractivity contribution in [3.63, 3.8) is 0 Å². The summed E-state index contributed by atoms with van der Waals surface area (Å²) in [6.07, 6.45) is 0.211. The van der Waals surface area contributed by atoms with Gasteiger partial charge in [-0.2, -0.15) is 0 Å². The second-order valence-electron chi connectivity index (χ2n) is 4.46. The van der Waals surface area contributed by atoms with Crippen molar-refractivity contribution in [2.24, 2.45) is 0 Å². The molecule has 1 aromatic heterocycles. The van der Waals surface area contributed by atoms with Crippen molar-refractivity contribution >= 4 is 32.7 Å². The molecule has 0 aliphatic rings. The van der Waals surface area contributed by atoms with Crippen molar-refractivity contribution in [1.82, 2.24) is 0 Å². The largest absolute Gasteiger partial charge is 0.450 e. The Balaban J connectivity index is 1.93. The molecule has 0 atom stereocenters. The lowest BCUT2D eigenvalue weighted by Gasteiger charge is -2.01. The molecule has 0 unspecified atom stereocenters. The van der Waals surface area contributed by atoms with Gasteiger partial charge in [-0.05, 0) is 23.8 Å². The SMILES string of the molecule is O=C(Cc1ccccc1Br)c1cc2cccc(F)c2o1. The van der Waals surface area contributed by atoms with E-state index in [0.29, 0.717) is 5.39 Å². The number of hydrogen-bond acceptors (Lipinski definition) is 2. The summed E-state index contributed by atoms with van der Waals surface area (Å²) in [5.41, 5.74) is 1.00. The number of Topliss-reactive ketones (excluding diaryl/α,β-unsaturated/α-hetero) is 1. The van der Waals surface area contributed by atoms with E-state index in [1.807, 2.05) is 24.3 Å². The van der Waals surface area contributed by atoms with Crippen LogP contribution in [-0.4, -0.2) is 5.78 Å². The summed E-state index contributed by atoms with van der Waals surface area (Å²) in [6, 6.07) is 13.7. The minimum absolute atomic E-state index is 0.128. The second-order valence-corrected chi connectivity index (χ2v) is 5.31. The molecule has 3 rings (SSSR count). The van der Waals surface area contributed by atoms with E-state index < -0.39 is 5.82 Å². The quantitative estimate of drug-likeness (QED) is 0.647.